The predicted octanol–water partition coefficient (Wildman–Crippen LogP) is 5.80. The van der Waals surface area contributed by atoms with E-state index in [1.165, 1.54) is 6.07 Å². The Balaban J connectivity index is 1.43. The Morgan fingerprint density at radius 2 is 1.58 bits per heavy atom. The second-order valence-corrected chi connectivity index (χ2v) is 7.33. The van der Waals surface area contributed by atoms with Gasteiger partial charge in [-0.25, -0.2) is 23.1 Å². The van der Waals surface area contributed by atoms with Crippen molar-refractivity contribution in [3.63, 3.8) is 0 Å². The van der Waals surface area contributed by atoms with Gasteiger partial charge in [-0.3, -0.25) is 0 Å². The number of fused-ring (bicyclic) bond motifs is 1. The molecule has 0 aliphatic carbocycles. The van der Waals surface area contributed by atoms with Gasteiger partial charge in [0, 0.05) is 12.0 Å². The quantitative estimate of drug-likeness (QED) is 0.279. The Bertz CT molecular complexity index is 1370. The SMILES string of the molecule is C=CCOc1cnc(CCc2ccc(C#Cc3ccc4cc(F)c(F)cc4c3)c(F)c2)nc1. The van der Waals surface area contributed by atoms with Crippen LogP contribution in [0.1, 0.15) is 22.5 Å². The summed E-state index contributed by atoms with van der Waals surface area (Å²) in [6.07, 6.45) is 5.97. The molecule has 4 rings (SSSR count). The first-order valence-electron chi connectivity index (χ1n) is 10.3. The summed E-state index contributed by atoms with van der Waals surface area (Å²) in [5.74, 6) is 4.64. The molecule has 1 aromatic heterocycles. The van der Waals surface area contributed by atoms with Crippen LogP contribution in [-0.2, 0) is 12.8 Å². The fourth-order valence-corrected chi connectivity index (χ4v) is 3.23. The van der Waals surface area contributed by atoms with E-state index in [2.05, 4.69) is 28.4 Å². The maximum atomic E-state index is 14.6. The van der Waals surface area contributed by atoms with E-state index in [4.69, 9.17) is 4.74 Å². The number of benzene rings is 3. The molecule has 0 spiro atoms. The molecule has 0 saturated heterocycles. The Hall–Kier alpha value is -4.11. The number of hydrogen-bond acceptors (Lipinski definition) is 3. The van der Waals surface area contributed by atoms with Gasteiger partial charge in [-0.05, 0) is 59.2 Å². The number of aromatic nitrogens is 2. The minimum Gasteiger partial charge on any atom is -0.486 e. The van der Waals surface area contributed by atoms with Crippen molar-refractivity contribution in [3.05, 3.63) is 114 Å². The molecule has 6 heteroatoms. The molecular weight excluding hydrogens is 425 g/mol. The number of aryl methyl sites for hydroxylation is 2. The van der Waals surface area contributed by atoms with Crippen LogP contribution in [0.4, 0.5) is 13.2 Å². The largest absolute Gasteiger partial charge is 0.486 e. The molecule has 0 radical (unpaired) electrons. The predicted molar refractivity (Wildman–Crippen MR) is 121 cm³/mol. The van der Waals surface area contributed by atoms with Crippen molar-refractivity contribution in [2.75, 3.05) is 6.61 Å². The third-order valence-electron chi connectivity index (χ3n) is 4.94. The summed E-state index contributed by atoms with van der Waals surface area (Å²) in [6.45, 7) is 3.97. The topological polar surface area (TPSA) is 35.0 Å². The molecule has 0 saturated carbocycles. The Morgan fingerprint density at radius 1 is 0.818 bits per heavy atom. The molecule has 0 amide bonds. The lowest BCUT2D eigenvalue weighted by Gasteiger charge is -2.05. The first-order valence-corrected chi connectivity index (χ1v) is 10.3. The van der Waals surface area contributed by atoms with E-state index in [9.17, 15) is 13.2 Å². The standard InChI is InChI=1S/C27H19F3N2O/c1-2-11-33-23-16-31-27(32-17-23)10-6-19-4-8-20(24(28)13-19)7-3-18-5-9-21-14-25(29)26(30)15-22(21)12-18/h2,4-5,8-9,12-17H,1,6,10-11H2. The molecule has 3 aromatic carbocycles. The molecule has 0 unspecified atom stereocenters. The highest BCUT2D eigenvalue weighted by atomic mass is 19.2. The van der Waals surface area contributed by atoms with Crippen LogP contribution in [-0.4, -0.2) is 16.6 Å². The average molecular weight is 444 g/mol. The zero-order chi connectivity index (χ0) is 23.2. The van der Waals surface area contributed by atoms with Gasteiger partial charge in [0.2, 0.25) is 0 Å². The van der Waals surface area contributed by atoms with Gasteiger partial charge in [-0.15, -0.1) is 0 Å². The summed E-state index contributed by atoms with van der Waals surface area (Å²) in [5, 5.41) is 1.09. The monoisotopic (exact) mass is 444 g/mol. The van der Waals surface area contributed by atoms with Crippen LogP contribution in [0.3, 0.4) is 0 Å². The van der Waals surface area contributed by atoms with E-state index in [1.54, 1.807) is 42.7 Å². The van der Waals surface area contributed by atoms with E-state index >= 15 is 0 Å². The number of nitrogens with zero attached hydrogens (tertiary/aromatic N) is 2. The van der Waals surface area contributed by atoms with E-state index in [0.29, 0.717) is 47.4 Å². The second kappa shape index (κ2) is 10.0. The zero-order valence-corrected chi connectivity index (χ0v) is 17.6. The van der Waals surface area contributed by atoms with E-state index < -0.39 is 17.5 Å². The van der Waals surface area contributed by atoms with Crippen molar-refractivity contribution < 1.29 is 17.9 Å². The minimum absolute atomic E-state index is 0.254. The van der Waals surface area contributed by atoms with Gasteiger partial charge in [0.25, 0.3) is 0 Å². The van der Waals surface area contributed by atoms with Crippen LogP contribution >= 0.6 is 0 Å². The number of ether oxygens (including phenoxy) is 1. The maximum absolute atomic E-state index is 14.6. The van der Waals surface area contributed by atoms with Gasteiger partial charge in [0.1, 0.15) is 18.2 Å². The lowest BCUT2D eigenvalue weighted by molar-refractivity contribution is 0.359. The minimum atomic E-state index is -0.920. The molecular formula is C27H19F3N2O. The van der Waals surface area contributed by atoms with Crippen molar-refractivity contribution >= 4 is 10.8 Å². The smallest absolute Gasteiger partial charge is 0.159 e. The molecule has 0 bridgehead atoms. The van der Waals surface area contributed by atoms with Crippen LogP contribution < -0.4 is 4.74 Å². The summed E-state index contributed by atoms with van der Waals surface area (Å²) >= 11 is 0. The van der Waals surface area contributed by atoms with Gasteiger partial charge >= 0.3 is 0 Å². The number of hydrogen-bond donors (Lipinski definition) is 0. The molecule has 0 fully saturated rings. The Labute approximate surface area is 189 Å². The normalized spacial score (nSPS) is 10.5. The van der Waals surface area contributed by atoms with E-state index in [-0.39, 0.29) is 5.56 Å². The first-order chi connectivity index (χ1) is 16.0. The van der Waals surface area contributed by atoms with Gasteiger partial charge in [-0.1, -0.05) is 36.6 Å². The summed E-state index contributed by atoms with van der Waals surface area (Å²) < 4.78 is 46.7. The highest BCUT2D eigenvalue weighted by molar-refractivity contribution is 5.84. The van der Waals surface area contributed by atoms with Gasteiger partial charge < -0.3 is 4.74 Å². The van der Waals surface area contributed by atoms with E-state index in [0.717, 1.165) is 17.7 Å². The molecule has 33 heavy (non-hydrogen) atoms. The van der Waals surface area contributed by atoms with Crippen LogP contribution in [0.25, 0.3) is 10.8 Å². The average Bonchev–Trinajstić information content (AvgIpc) is 2.82. The highest BCUT2D eigenvalue weighted by Crippen LogP contribution is 2.20. The van der Waals surface area contributed by atoms with Crippen LogP contribution in [0.15, 0.2) is 73.6 Å². The third-order valence-corrected chi connectivity index (χ3v) is 4.94. The maximum Gasteiger partial charge on any atom is 0.159 e. The lowest BCUT2D eigenvalue weighted by atomic mass is 10.0. The molecule has 0 N–H and O–H groups in total. The van der Waals surface area contributed by atoms with Gasteiger partial charge in [0.15, 0.2) is 17.4 Å². The van der Waals surface area contributed by atoms with E-state index in [1.807, 2.05) is 6.07 Å². The van der Waals surface area contributed by atoms with Crippen LogP contribution in [0, 0.1) is 29.3 Å². The molecule has 0 aliphatic heterocycles. The van der Waals surface area contributed by atoms with Crippen molar-refractivity contribution in [2.45, 2.75) is 12.8 Å². The van der Waals surface area contributed by atoms with Crippen molar-refractivity contribution in [3.8, 4) is 17.6 Å². The summed E-state index contributed by atoms with van der Waals surface area (Å²) in [6, 6.07) is 12.1. The molecule has 0 aliphatic rings. The highest BCUT2D eigenvalue weighted by Gasteiger charge is 2.06. The van der Waals surface area contributed by atoms with Crippen molar-refractivity contribution in [2.24, 2.45) is 0 Å². The van der Waals surface area contributed by atoms with Crippen LogP contribution in [0.5, 0.6) is 5.75 Å². The fourth-order valence-electron chi connectivity index (χ4n) is 3.23. The molecule has 1 heterocycles. The fraction of sp³-hybridized carbons (Fsp3) is 0.111. The second-order valence-electron chi connectivity index (χ2n) is 7.33. The van der Waals surface area contributed by atoms with Crippen LogP contribution in [0.2, 0.25) is 0 Å². The molecule has 0 atom stereocenters. The number of rotatable bonds is 6. The molecule has 164 valence electrons. The Kier molecular flexibility index (Phi) is 6.70. The van der Waals surface area contributed by atoms with Gasteiger partial charge in [0.05, 0.1) is 18.0 Å². The number of halogens is 3. The van der Waals surface area contributed by atoms with Crippen molar-refractivity contribution in [1.29, 1.82) is 0 Å². The summed E-state index contributed by atoms with van der Waals surface area (Å²) in [7, 11) is 0. The molecule has 4 aromatic rings. The summed E-state index contributed by atoms with van der Waals surface area (Å²) in [5.41, 5.74) is 1.63. The third kappa shape index (κ3) is 5.58. The molecule has 3 nitrogen and oxygen atoms in total. The zero-order valence-electron chi connectivity index (χ0n) is 17.6. The van der Waals surface area contributed by atoms with Crippen molar-refractivity contribution in [1.82, 2.24) is 9.97 Å². The lowest BCUT2D eigenvalue weighted by Crippen LogP contribution is -2.00. The van der Waals surface area contributed by atoms with Gasteiger partial charge in [-0.2, -0.15) is 0 Å². The Morgan fingerprint density at radius 3 is 2.30 bits per heavy atom. The first kappa shape index (κ1) is 22.1. The summed E-state index contributed by atoms with van der Waals surface area (Å²) in [4.78, 5) is 8.50.